The summed E-state index contributed by atoms with van der Waals surface area (Å²) in [6, 6.07) is 7.73. The Morgan fingerprint density at radius 1 is 1.27 bits per heavy atom. The Hall–Kier alpha value is -1.89. The quantitative estimate of drug-likeness (QED) is 0.806. The summed E-state index contributed by atoms with van der Waals surface area (Å²) in [6.45, 7) is 5.07. The Bertz CT molecular complexity index is 720. The fraction of sp³-hybridized carbons (Fsp3) is 0.579. The monoisotopic (exact) mass is 375 g/mol. The van der Waals surface area contributed by atoms with Crippen molar-refractivity contribution in [3.8, 4) is 5.75 Å². The third kappa shape index (κ3) is 2.92. The lowest BCUT2D eigenvalue weighted by Crippen LogP contribution is -2.56. The summed E-state index contributed by atoms with van der Waals surface area (Å²) in [5.41, 5.74) is 1.12. The van der Waals surface area contributed by atoms with Crippen molar-refractivity contribution in [2.45, 2.75) is 30.7 Å². The second-order valence-electron chi connectivity index (χ2n) is 7.28. The number of amides is 2. The molecule has 0 radical (unpaired) electrons. The predicted octanol–water partition coefficient (Wildman–Crippen LogP) is 1.80. The molecule has 3 saturated heterocycles. The number of nitrogens with zero attached hydrogens (tertiary/aromatic N) is 3. The third-order valence-corrected chi connectivity index (χ3v) is 7.24. The van der Waals surface area contributed by atoms with Crippen molar-refractivity contribution in [2.24, 2.45) is 0 Å². The molecule has 140 valence electrons. The van der Waals surface area contributed by atoms with Crippen LogP contribution in [0.1, 0.15) is 19.8 Å². The van der Waals surface area contributed by atoms with Crippen LogP contribution < -0.4 is 9.64 Å². The van der Waals surface area contributed by atoms with Crippen LogP contribution in [0.25, 0.3) is 0 Å². The van der Waals surface area contributed by atoms with Crippen molar-refractivity contribution in [3.05, 3.63) is 24.3 Å². The van der Waals surface area contributed by atoms with Gasteiger partial charge in [0.15, 0.2) is 0 Å². The van der Waals surface area contributed by atoms with Crippen molar-refractivity contribution in [1.29, 1.82) is 0 Å². The lowest BCUT2D eigenvalue weighted by Gasteiger charge is -2.39. The molecule has 0 aliphatic carbocycles. The van der Waals surface area contributed by atoms with Gasteiger partial charge in [0.1, 0.15) is 11.8 Å². The number of rotatable bonds is 3. The Kier molecular flexibility index (Phi) is 4.50. The highest BCUT2D eigenvalue weighted by molar-refractivity contribution is 8.01. The number of hydrogen-bond donors (Lipinski definition) is 0. The van der Waals surface area contributed by atoms with Crippen molar-refractivity contribution in [1.82, 2.24) is 9.80 Å². The van der Waals surface area contributed by atoms with Gasteiger partial charge < -0.3 is 19.4 Å². The minimum atomic E-state index is -0.289. The van der Waals surface area contributed by atoms with E-state index in [0.717, 1.165) is 36.7 Å². The van der Waals surface area contributed by atoms with Crippen LogP contribution in [0.4, 0.5) is 5.69 Å². The average molecular weight is 375 g/mol. The van der Waals surface area contributed by atoms with E-state index in [1.165, 1.54) is 0 Å². The molecule has 2 amide bonds. The fourth-order valence-electron chi connectivity index (χ4n) is 4.21. The zero-order chi connectivity index (χ0) is 18.3. The first-order valence-corrected chi connectivity index (χ1v) is 10.1. The van der Waals surface area contributed by atoms with Crippen molar-refractivity contribution >= 4 is 29.3 Å². The van der Waals surface area contributed by atoms with Crippen LogP contribution in [-0.4, -0.2) is 71.6 Å². The van der Waals surface area contributed by atoms with Gasteiger partial charge in [-0.3, -0.25) is 9.59 Å². The maximum absolute atomic E-state index is 13.1. The van der Waals surface area contributed by atoms with Crippen molar-refractivity contribution in [3.63, 3.8) is 0 Å². The maximum Gasteiger partial charge on any atom is 0.246 e. The average Bonchev–Trinajstić information content (AvgIpc) is 3.17. The zero-order valence-corrected chi connectivity index (χ0v) is 16.1. The number of thioether (sulfide) groups is 1. The summed E-state index contributed by atoms with van der Waals surface area (Å²) < 4.78 is 5.30. The van der Waals surface area contributed by atoms with E-state index in [4.69, 9.17) is 4.74 Å². The van der Waals surface area contributed by atoms with E-state index >= 15 is 0 Å². The molecule has 3 fully saturated rings. The van der Waals surface area contributed by atoms with Crippen LogP contribution in [-0.2, 0) is 9.59 Å². The van der Waals surface area contributed by atoms with E-state index < -0.39 is 0 Å². The Morgan fingerprint density at radius 3 is 2.77 bits per heavy atom. The third-order valence-electron chi connectivity index (χ3n) is 5.74. The topological polar surface area (TPSA) is 53.1 Å². The lowest BCUT2D eigenvalue weighted by molar-refractivity contribution is -0.143. The van der Waals surface area contributed by atoms with Crippen molar-refractivity contribution < 1.29 is 14.3 Å². The van der Waals surface area contributed by atoms with Gasteiger partial charge in [-0.25, -0.2) is 0 Å². The smallest absolute Gasteiger partial charge is 0.246 e. The Balaban J connectivity index is 1.40. The molecule has 1 aromatic rings. The van der Waals surface area contributed by atoms with E-state index in [1.807, 2.05) is 28.0 Å². The summed E-state index contributed by atoms with van der Waals surface area (Å²) >= 11 is 1.75. The number of anilines is 1. The minimum Gasteiger partial charge on any atom is -0.497 e. The van der Waals surface area contributed by atoms with Crippen LogP contribution in [0, 0.1) is 0 Å². The molecular formula is C19H25N3O3S. The number of fused-ring (bicyclic) bond motifs is 1. The van der Waals surface area contributed by atoms with Gasteiger partial charge in [-0.2, -0.15) is 0 Å². The summed E-state index contributed by atoms with van der Waals surface area (Å²) in [7, 11) is 1.67. The van der Waals surface area contributed by atoms with Crippen LogP contribution in [0.2, 0.25) is 0 Å². The van der Waals surface area contributed by atoms with Gasteiger partial charge in [0, 0.05) is 50.1 Å². The summed E-state index contributed by atoms with van der Waals surface area (Å²) in [5.74, 6) is 1.81. The van der Waals surface area contributed by atoms with Crippen LogP contribution in [0.3, 0.4) is 0 Å². The van der Waals surface area contributed by atoms with Crippen LogP contribution >= 0.6 is 11.8 Å². The molecule has 26 heavy (non-hydrogen) atoms. The Labute approximate surface area is 158 Å². The van der Waals surface area contributed by atoms with Gasteiger partial charge in [-0.05, 0) is 25.5 Å². The molecule has 3 aliphatic heterocycles. The van der Waals surface area contributed by atoms with Crippen LogP contribution in [0.15, 0.2) is 24.3 Å². The first-order valence-electron chi connectivity index (χ1n) is 9.16. The number of piperazine rings is 1. The van der Waals surface area contributed by atoms with E-state index in [0.29, 0.717) is 19.5 Å². The molecule has 0 unspecified atom stereocenters. The molecule has 1 aromatic carbocycles. The number of carbonyl (C=O) groups excluding carboxylic acids is 2. The van der Waals surface area contributed by atoms with Crippen molar-refractivity contribution in [2.75, 3.05) is 43.9 Å². The molecular weight excluding hydrogens is 350 g/mol. The molecule has 4 rings (SSSR count). The molecule has 7 heteroatoms. The van der Waals surface area contributed by atoms with E-state index in [1.54, 1.807) is 18.9 Å². The van der Waals surface area contributed by atoms with E-state index in [9.17, 15) is 9.59 Å². The largest absolute Gasteiger partial charge is 0.497 e. The number of ether oxygens (including phenoxy) is 1. The first kappa shape index (κ1) is 17.5. The summed E-state index contributed by atoms with van der Waals surface area (Å²) in [5, 5.41) is 0. The molecule has 0 saturated carbocycles. The Morgan fingerprint density at radius 2 is 2.04 bits per heavy atom. The second-order valence-corrected chi connectivity index (χ2v) is 8.78. The molecule has 0 spiro atoms. The first-order chi connectivity index (χ1) is 12.5. The fourth-order valence-corrected chi connectivity index (χ4v) is 5.63. The number of hydrogen-bond acceptors (Lipinski definition) is 5. The maximum atomic E-state index is 13.1. The van der Waals surface area contributed by atoms with Gasteiger partial charge in [0.2, 0.25) is 11.8 Å². The molecule has 3 aliphatic rings. The highest BCUT2D eigenvalue weighted by atomic mass is 32.2. The molecule has 0 bridgehead atoms. The minimum absolute atomic E-state index is 0.113. The van der Waals surface area contributed by atoms with Gasteiger partial charge >= 0.3 is 0 Å². The second kappa shape index (κ2) is 6.68. The van der Waals surface area contributed by atoms with Gasteiger partial charge in [-0.1, -0.05) is 6.07 Å². The van der Waals surface area contributed by atoms with Crippen LogP contribution in [0.5, 0.6) is 5.75 Å². The predicted molar refractivity (Wildman–Crippen MR) is 103 cm³/mol. The van der Waals surface area contributed by atoms with E-state index in [-0.39, 0.29) is 22.7 Å². The standard InChI is InChI=1S/C19H25N3O3S/c1-19-7-6-17(23)22(19)16(13-26-19)18(24)21-10-8-20(9-11-21)14-4-3-5-15(12-14)25-2/h3-5,12,16H,6-11,13H2,1-2H3/t16-,19-/m0/s1. The summed E-state index contributed by atoms with van der Waals surface area (Å²) in [6.07, 6.45) is 1.42. The molecule has 0 N–H and O–H groups in total. The highest BCUT2D eigenvalue weighted by Crippen LogP contribution is 2.47. The number of benzene rings is 1. The normalized spacial score (nSPS) is 28.5. The number of methoxy groups -OCH3 is 1. The zero-order valence-electron chi connectivity index (χ0n) is 15.3. The number of carbonyl (C=O) groups is 2. The molecule has 0 aromatic heterocycles. The molecule has 2 atom stereocenters. The highest BCUT2D eigenvalue weighted by Gasteiger charge is 2.53. The van der Waals surface area contributed by atoms with E-state index in [2.05, 4.69) is 17.9 Å². The van der Waals surface area contributed by atoms with Gasteiger partial charge in [-0.15, -0.1) is 11.8 Å². The SMILES string of the molecule is COc1cccc(N2CCN(C(=O)[C@@H]3CS[C@@]4(C)CCC(=O)N34)CC2)c1. The summed E-state index contributed by atoms with van der Waals surface area (Å²) in [4.78, 5) is 31.2. The van der Waals surface area contributed by atoms with Gasteiger partial charge in [0.05, 0.1) is 12.0 Å². The molecule has 6 nitrogen and oxygen atoms in total. The molecule has 3 heterocycles. The van der Waals surface area contributed by atoms with Gasteiger partial charge in [0.25, 0.3) is 0 Å². The lowest BCUT2D eigenvalue weighted by atomic mass is 10.1.